The van der Waals surface area contributed by atoms with Gasteiger partial charge in [0.25, 0.3) is 0 Å². The first kappa shape index (κ1) is 14.8. The molecule has 0 aromatic rings. The van der Waals surface area contributed by atoms with Crippen LogP contribution in [-0.2, 0) is 0 Å². The van der Waals surface area contributed by atoms with E-state index in [1.807, 2.05) is 6.92 Å². The summed E-state index contributed by atoms with van der Waals surface area (Å²) in [5.41, 5.74) is 0. The average Bonchev–Trinajstić information content (AvgIpc) is 2.46. The van der Waals surface area contributed by atoms with Gasteiger partial charge < -0.3 is 4.90 Å². The Labute approximate surface area is 120 Å². The van der Waals surface area contributed by atoms with Crippen LogP contribution >= 0.6 is 58.0 Å². The summed E-state index contributed by atoms with van der Waals surface area (Å²) in [4.78, 5) is 1.72. The number of halogens is 5. The molecule has 1 atom stereocenters. The van der Waals surface area contributed by atoms with E-state index >= 15 is 0 Å². The molecule has 16 heavy (non-hydrogen) atoms. The van der Waals surface area contributed by atoms with E-state index in [9.17, 15) is 0 Å². The molecule has 1 unspecified atom stereocenters. The largest absolute Gasteiger partial charge is 0.340 e. The normalized spacial score (nSPS) is 22.1. The summed E-state index contributed by atoms with van der Waals surface area (Å²) in [6, 6.07) is 0. The zero-order valence-electron chi connectivity index (χ0n) is 8.80. The maximum Gasteiger partial charge on any atom is 0.227 e. The Morgan fingerprint density at radius 2 is 1.81 bits per heavy atom. The second-order valence-electron chi connectivity index (χ2n) is 3.55. The molecule has 0 fully saturated rings. The van der Waals surface area contributed by atoms with Gasteiger partial charge in [-0.3, -0.25) is 5.01 Å². The molecule has 0 saturated carbocycles. The van der Waals surface area contributed by atoms with Gasteiger partial charge in [0.15, 0.2) is 6.17 Å². The van der Waals surface area contributed by atoms with Crippen molar-refractivity contribution in [3.05, 3.63) is 0 Å². The van der Waals surface area contributed by atoms with Gasteiger partial charge in [0.2, 0.25) is 8.13 Å². The first-order chi connectivity index (χ1) is 7.21. The van der Waals surface area contributed by atoms with Crippen LogP contribution in [0.1, 0.15) is 13.3 Å². The van der Waals surface area contributed by atoms with Crippen molar-refractivity contribution < 1.29 is 0 Å². The molecular formula is C8H12Cl5N3. The highest BCUT2D eigenvalue weighted by atomic mass is 35.6. The van der Waals surface area contributed by atoms with Crippen molar-refractivity contribution in [3.63, 3.8) is 0 Å². The molecule has 1 heterocycles. The standard InChI is InChI=1S/C8H12Cl5N3/c1-3-4-16-6(15(2)5-14-16)7(9,10)8(11,12)13/h5-6H,3-4H2,1-2H3. The molecule has 0 saturated heterocycles. The predicted molar refractivity (Wildman–Crippen MR) is 71.8 cm³/mol. The van der Waals surface area contributed by atoms with Gasteiger partial charge in [0.1, 0.15) is 6.34 Å². The van der Waals surface area contributed by atoms with Crippen molar-refractivity contribution in [1.29, 1.82) is 0 Å². The van der Waals surface area contributed by atoms with E-state index in [1.54, 1.807) is 23.3 Å². The topological polar surface area (TPSA) is 18.8 Å². The molecule has 1 aliphatic rings. The molecule has 3 nitrogen and oxygen atoms in total. The number of alkyl halides is 5. The molecule has 0 spiro atoms. The molecule has 0 N–H and O–H groups in total. The Morgan fingerprint density at radius 3 is 2.25 bits per heavy atom. The van der Waals surface area contributed by atoms with E-state index in [0.29, 0.717) is 6.54 Å². The van der Waals surface area contributed by atoms with E-state index < -0.39 is 14.3 Å². The monoisotopic (exact) mass is 325 g/mol. The molecule has 94 valence electrons. The SMILES string of the molecule is CCCN1N=CN(C)C1C(Cl)(Cl)C(Cl)(Cl)Cl. The van der Waals surface area contributed by atoms with Gasteiger partial charge in [-0.15, -0.1) is 0 Å². The van der Waals surface area contributed by atoms with Gasteiger partial charge in [-0.2, -0.15) is 5.10 Å². The third-order valence-electron chi connectivity index (χ3n) is 2.21. The van der Waals surface area contributed by atoms with E-state index in [4.69, 9.17) is 58.0 Å². The lowest BCUT2D eigenvalue weighted by atomic mass is 10.3. The molecule has 0 bridgehead atoms. The maximum absolute atomic E-state index is 6.15. The molecule has 0 aliphatic carbocycles. The Kier molecular flexibility index (Phi) is 4.76. The van der Waals surface area contributed by atoms with Crippen LogP contribution in [-0.4, -0.2) is 44.1 Å². The number of hydrogen-bond acceptors (Lipinski definition) is 3. The van der Waals surface area contributed by atoms with Crippen molar-refractivity contribution in [1.82, 2.24) is 9.91 Å². The summed E-state index contributed by atoms with van der Waals surface area (Å²) in [6.07, 6.45) is 2.00. The van der Waals surface area contributed by atoms with Gasteiger partial charge in [-0.05, 0) is 6.42 Å². The Balaban J connectivity index is 2.93. The van der Waals surface area contributed by atoms with Crippen molar-refractivity contribution in [2.45, 2.75) is 27.6 Å². The fourth-order valence-electron chi connectivity index (χ4n) is 1.48. The summed E-state index contributed by atoms with van der Waals surface area (Å²) < 4.78 is -3.37. The second kappa shape index (κ2) is 5.15. The fourth-order valence-corrected chi connectivity index (χ4v) is 2.31. The van der Waals surface area contributed by atoms with Crippen LogP contribution in [0.5, 0.6) is 0 Å². The zero-order chi connectivity index (χ0) is 12.6. The minimum Gasteiger partial charge on any atom is -0.340 e. The zero-order valence-corrected chi connectivity index (χ0v) is 12.6. The highest BCUT2D eigenvalue weighted by molar-refractivity contribution is 6.75. The van der Waals surface area contributed by atoms with E-state index in [1.165, 1.54) is 0 Å². The summed E-state index contributed by atoms with van der Waals surface area (Å²) in [5.74, 6) is 0. The second-order valence-corrected chi connectivity index (χ2v) is 7.22. The van der Waals surface area contributed by atoms with E-state index in [0.717, 1.165) is 6.42 Å². The van der Waals surface area contributed by atoms with Crippen LogP contribution in [0.4, 0.5) is 0 Å². The lowest BCUT2D eigenvalue weighted by molar-refractivity contribution is 0.130. The lowest BCUT2D eigenvalue weighted by Crippen LogP contribution is -2.55. The number of hydrogen-bond donors (Lipinski definition) is 0. The Morgan fingerprint density at radius 1 is 1.25 bits per heavy atom. The maximum atomic E-state index is 6.15. The van der Waals surface area contributed by atoms with Crippen molar-refractivity contribution in [2.75, 3.05) is 13.6 Å². The van der Waals surface area contributed by atoms with Gasteiger partial charge in [-0.1, -0.05) is 64.9 Å². The smallest absolute Gasteiger partial charge is 0.227 e. The molecule has 1 aliphatic heterocycles. The van der Waals surface area contributed by atoms with Crippen molar-refractivity contribution >= 4 is 64.3 Å². The molecule has 0 aromatic heterocycles. The van der Waals surface area contributed by atoms with Gasteiger partial charge in [-0.25, -0.2) is 0 Å². The molecular weight excluding hydrogens is 315 g/mol. The highest BCUT2D eigenvalue weighted by Gasteiger charge is 2.56. The van der Waals surface area contributed by atoms with Crippen LogP contribution in [0.2, 0.25) is 0 Å². The minimum absolute atomic E-state index is 0.497. The quantitative estimate of drug-likeness (QED) is 0.739. The number of rotatable bonds is 3. The first-order valence-corrected chi connectivity index (χ1v) is 6.58. The van der Waals surface area contributed by atoms with Crippen LogP contribution < -0.4 is 0 Å². The third-order valence-corrected chi connectivity index (χ3v) is 4.64. The molecule has 0 aromatic carbocycles. The van der Waals surface area contributed by atoms with Crippen LogP contribution in [0, 0.1) is 0 Å². The number of nitrogens with zero attached hydrogens (tertiary/aromatic N) is 3. The van der Waals surface area contributed by atoms with Gasteiger partial charge in [0.05, 0.1) is 0 Å². The van der Waals surface area contributed by atoms with Crippen LogP contribution in [0.15, 0.2) is 5.10 Å². The predicted octanol–water partition coefficient (Wildman–Crippen LogP) is 3.46. The van der Waals surface area contributed by atoms with Crippen molar-refractivity contribution in [3.8, 4) is 0 Å². The molecule has 0 amide bonds. The summed E-state index contributed by atoms with van der Waals surface area (Å²) in [5, 5.41) is 5.87. The summed E-state index contributed by atoms with van der Waals surface area (Å²) >= 11 is 29.7. The third kappa shape index (κ3) is 2.75. The molecule has 1 rings (SSSR count). The minimum atomic E-state index is -1.80. The fraction of sp³-hybridized carbons (Fsp3) is 0.875. The summed E-state index contributed by atoms with van der Waals surface area (Å²) in [7, 11) is 1.78. The van der Waals surface area contributed by atoms with E-state index in [-0.39, 0.29) is 0 Å². The van der Waals surface area contributed by atoms with Gasteiger partial charge in [0, 0.05) is 13.6 Å². The van der Waals surface area contributed by atoms with Gasteiger partial charge >= 0.3 is 0 Å². The van der Waals surface area contributed by atoms with Crippen LogP contribution in [0.3, 0.4) is 0 Å². The first-order valence-electron chi connectivity index (χ1n) is 4.69. The Hall–Kier alpha value is 0.720. The molecule has 8 heteroatoms. The summed E-state index contributed by atoms with van der Waals surface area (Å²) in [6.45, 7) is 2.71. The average molecular weight is 327 g/mol. The lowest BCUT2D eigenvalue weighted by Gasteiger charge is -2.40. The van der Waals surface area contributed by atoms with Crippen molar-refractivity contribution in [2.24, 2.45) is 5.10 Å². The van der Waals surface area contributed by atoms with Crippen LogP contribution in [0.25, 0.3) is 0 Å². The molecule has 0 radical (unpaired) electrons. The number of hydrazone groups is 1. The highest BCUT2D eigenvalue weighted by Crippen LogP contribution is 2.50. The van der Waals surface area contributed by atoms with E-state index in [2.05, 4.69) is 5.10 Å². The Bertz CT molecular complexity index is 275.